The third-order valence-corrected chi connectivity index (χ3v) is 3.37. The van der Waals surface area contributed by atoms with E-state index >= 15 is 0 Å². The Morgan fingerprint density at radius 1 is 1.42 bits per heavy atom. The quantitative estimate of drug-likeness (QED) is 0.873. The summed E-state index contributed by atoms with van der Waals surface area (Å²) in [7, 11) is 0. The number of ether oxygens (including phenoxy) is 1. The fourth-order valence-corrected chi connectivity index (χ4v) is 2.31. The monoisotopic (exact) mass is 341 g/mol. The maximum atomic E-state index is 12.3. The zero-order valence-corrected chi connectivity index (χ0v) is 12.5. The number of rotatable bonds is 5. The van der Waals surface area contributed by atoms with Gasteiger partial charge in [0.1, 0.15) is 24.4 Å². The van der Waals surface area contributed by atoms with Crippen LogP contribution in [-0.2, 0) is 9.59 Å². The number of hydrogen-bond donors (Lipinski definition) is 1. The lowest BCUT2D eigenvalue weighted by Gasteiger charge is -2.18. The summed E-state index contributed by atoms with van der Waals surface area (Å²) in [6.07, 6.45) is -4.37. The summed E-state index contributed by atoms with van der Waals surface area (Å²) < 4.78 is 42.2. The number of likely N-dealkylation sites (tertiary alicyclic amines) is 1. The second-order valence-electron chi connectivity index (χ2n) is 5.18. The zero-order valence-electron chi connectivity index (χ0n) is 12.5. The molecule has 1 fully saturated rings. The van der Waals surface area contributed by atoms with Gasteiger partial charge in [0.2, 0.25) is 5.91 Å². The molecule has 9 heteroatoms. The lowest BCUT2D eigenvalue weighted by Crippen LogP contribution is -2.45. The second-order valence-corrected chi connectivity index (χ2v) is 5.18. The Morgan fingerprint density at radius 3 is 2.79 bits per heavy atom. The van der Waals surface area contributed by atoms with Crippen LogP contribution in [0.25, 0.3) is 0 Å². The number of para-hydroxylation sites is 1. The SMILES string of the molecule is N#Cc1ccccc1OCC(=O)NC1CCN(CC(F)(F)F)C1=O. The number of alkyl halides is 3. The topological polar surface area (TPSA) is 82.4 Å². The first-order valence-electron chi connectivity index (χ1n) is 7.07. The molecule has 1 atom stereocenters. The normalized spacial score (nSPS) is 17.5. The molecule has 6 nitrogen and oxygen atoms in total. The van der Waals surface area contributed by atoms with E-state index in [0.717, 1.165) is 0 Å². The van der Waals surface area contributed by atoms with Crippen LogP contribution in [-0.4, -0.2) is 48.6 Å². The van der Waals surface area contributed by atoms with Gasteiger partial charge < -0.3 is 15.0 Å². The van der Waals surface area contributed by atoms with Gasteiger partial charge in [-0.2, -0.15) is 18.4 Å². The van der Waals surface area contributed by atoms with E-state index in [4.69, 9.17) is 10.00 Å². The van der Waals surface area contributed by atoms with E-state index in [1.807, 2.05) is 6.07 Å². The molecule has 0 saturated carbocycles. The molecular weight excluding hydrogens is 327 g/mol. The van der Waals surface area contributed by atoms with Gasteiger partial charge in [0, 0.05) is 6.54 Å². The van der Waals surface area contributed by atoms with Crippen molar-refractivity contribution in [1.82, 2.24) is 10.2 Å². The van der Waals surface area contributed by atoms with Crippen molar-refractivity contribution in [2.75, 3.05) is 19.7 Å². The van der Waals surface area contributed by atoms with Crippen LogP contribution in [0.2, 0.25) is 0 Å². The summed E-state index contributed by atoms with van der Waals surface area (Å²) in [4.78, 5) is 24.3. The Balaban J connectivity index is 1.85. The molecule has 1 aromatic rings. The van der Waals surface area contributed by atoms with Crippen LogP contribution in [0.4, 0.5) is 13.2 Å². The van der Waals surface area contributed by atoms with Crippen molar-refractivity contribution >= 4 is 11.8 Å². The van der Waals surface area contributed by atoms with Gasteiger partial charge in [0.15, 0.2) is 6.61 Å². The molecule has 2 amide bonds. The lowest BCUT2D eigenvalue weighted by molar-refractivity contribution is -0.158. The summed E-state index contributed by atoms with van der Waals surface area (Å²) in [5.41, 5.74) is 0.249. The molecule has 0 spiro atoms. The first-order valence-corrected chi connectivity index (χ1v) is 7.07. The van der Waals surface area contributed by atoms with Crippen LogP contribution < -0.4 is 10.1 Å². The molecule has 1 heterocycles. The molecule has 1 saturated heterocycles. The number of nitrogens with one attached hydrogen (secondary N) is 1. The molecule has 0 bridgehead atoms. The maximum Gasteiger partial charge on any atom is 0.406 e. The van der Waals surface area contributed by atoms with Crippen LogP contribution in [0, 0.1) is 11.3 Å². The highest BCUT2D eigenvalue weighted by Crippen LogP contribution is 2.21. The van der Waals surface area contributed by atoms with Gasteiger partial charge in [-0.25, -0.2) is 0 Å². The van der Waals surface area contributed by atoms with E-state index < -0.39 is 37.2 Å². The molecular formula is C15H14F3N3O3. The van der Waals surface area contributed by atoms with Crippen molar-refractivity contribution < 1.29 is 27.5 Å². The highest BCUT2D eigenvalue weighted by atomic mass is 19.4. The van der Waals surface area contributed by atoms with Crippen molar-refractivity contribution in [3.05, 3.63) is 29.8 Å². The Hall–Kier alpha value is -2.76. The Kier molecular flexibility index (Phi) is 5.28. The van der Waals surface area contributed by atoms with Crippen LogP contribution in [0.3, 0.4) is 0 Å². The van der Waals surface area contributed by atoms with Gasteiger partial charge in [0.05, 0.1) is 5.56 Å². The van der Waals surface area contributed by atoms with E-state index in [9.17, 15) is 22.8 Å². The van der Waals surface area contributed by atoms with Crippen molar-refractivity contribution in [3.8, 4) is 11.8 Å². The molecule has 128 valence electrons. The molecule has 24 heavy (non-hydrogen) atoms. The molecule has 1 aliphatic heterocycles. The largest absolute Gasteiger partial charge is 0.482 e. The summed E-state index contributed by atoms with van der Waals surface area (Å²) in [6.45, 7) is -1.84. The first-order chi connectivity index (χ1) is 11.3. The number of nitrogens with zero attached hydrogens (tertiary/aromatic N) is 2. The smallest absolute Gasteiger partial charge is 0.406 e. The standard InChI is InChI=1S/C15H14F3N3O3/c16-15(17,18)9-21-6-5-11(14(21)23)20-13(22)8-24-12-4-2-1-3-10(12)7-19/h1-4,11H,5-6,8-9H2,(H,20,22). The third kappa shape index (κ3) is 4.62. The van der Waals surface area contributed by atoms with Crippen molar-refractivity contribution in [1.29, 1.82) is 5.26 Å². The average Bonchev–Trinajstić information content (AvgIpc) is 2.84. The number of carbonyl (C=O) groups excluding carboxylic acids is 2. The van der Waals surface area contributed by atoms with E-state index in [0.29, 0.717) is 4.90 Å². The van der Waals surface area contributed by atoms with E-state index in [2.05, 4.69) is 5.32 Å². The van der Waals surface area contributed by atoms with Gasteiger partial charge in [0.25, 0.3) is 5.91 Å². The Morgan fingerprint density at radius 2 is 2.12 bits per heavy atom. The average molecular weight is 341 g/mol. The fraction of sp³-hybridized carbons (Fsp3) is 0.400. The van der Waals surface area contributed by atoms with Gasteiger partial charge in [-0.15, -0.1) is 0 Å². The van der Waals surface area contributed by atoms with Crippen molar-refractivity contribution in [2.24, 2.45) is 0 Å². The van der Waals surface area contributed by atoms with Crippen LogP contribution in [0.5, 0.6) is 5.75 Å². The second kappa shape index (κ2) is 7.21. The van der Waals surface area contributed by atoms with Gasteiger partial charge in [-0.1, -0.05) is 12.1 Å². The van der Waals surface area contributed by atoms with Crippen molar-refractivity contribution in [3.63, 3.8) is 0 Å². The lowest BCUT2D eigenvalue weighted by atomic mass is 10.2. The van der Waals surface area contributed by atoms with Gasteiger partial charge >= 0.3 is 6.18 Å². The number of benzene rings is 1. The molecule has 1 unspecified atom stereocenters. The number of halogens is 3. The number of carbonyl (C=O) groups is 2. The van der Waals surface area contributed by atoms with E-state index in [1.165, 1.54) is 12.1 Å². The van der Waals surface area contributed by atoms with E-state index in [-0.39, 0.29) is 24.3 Å². The molecule has 0 aliphatic carbocycles. The molecule has 1 N–H and O–H groups in total. The minimum absolute atomic E-state index is 0.0680. The Bertz CT molecular complexity index is 670. The highest BCUT2D eigenvalue weighted by Gasteiger charge is 2.39. The fourth-order valence-electron chi connectivity index (χ4n) is 2.31. The predicted molar refractivity (Wildman–Crippen MR) is 75.8 cm³/mol. The first kappa shape index (κ1) is 17.6. The number of amides is 2. The molecule has 1 aromatic carbocycles. The van der Waals surface area contributed by atoms with Crippen LogP contribution >= 0.6 is 0 Å². The zero-order chi connectivity index (χ0) is 17.7. The summed E-state index contributed by atoms with van der Waals surface area (Å²) >= 11 is 0. The van der Waals surface area contributed by atoms with Crippen LogP contribution in [0.1, 0.15) is 12.0 Å². The van der Waals surface area contributed by atoms with Crippen molar-refractivity contribution in [2.45, 2.75) is 18.6 Å². The molecule has 0 radical (unpaired) electrons. The summed E-state index contributed by atoms with van der Waals surface area (Å²) in [6, 6.07) is 7.21. The third-order valence-electron chi connectivity index (χ3n) is 3.37. The highest BCUT2D eigenvalue weighted by molar-refractivity contribution is 5.89. The minimum Gasteiger partial charge on any atom is -0.482 e. The Labute approximate surface area is 135 Å². The molecule has 0 aromatic heterocycles. The van der Waals surface area contributed by atoms with E-state index in [1.54, 1.807) is 12.1 Å². The summed E-state index contributed by atoms with van der Waals surface area (Å²) in [5, 5.41) is 11.2. The van der Waals surface area contributed by atoms with Crippen LogP contribution in [0.15, 0.2) is 24.3 Å². The number of nitriles is 1. The van der Waals surface area contributed by atoms with Gasteiger partial charge in [-0.05, 0) is 18.6 Å². The molecule has 2 rings (SSSR count). The summed E-state index contributed by atoms with van der Waals surface area (Å²) in [5.74, 6) is -1.19. The maximum absolute atomic E-state index is 12.3. The molecule has 1 aliphatic rings. The number of hydrogen-bond acceptors (Lipinski definition) is 4. The minimum atomic E-state index is -4.47. The predicted octanol–water partition coefficient (Wildman–Crippen LogP) is 1.22. The van der Waals surface area contributed by atoms with Gasteiger partial charge in [-0.3, -0.25) is 9.59 Å².